The average Bonchev–Trinajstić information content (AvgIpc) is 2.80. The summed E-state index contributed by atoms with van der Waals surface area (Å²) in [6, 6.07) is 5.03. The van der Waals surface area contributed by atoms with Crippen molar-refractivity contribution in [3.63, 3.8) is 0 Å². The van der Waals surface area contributed by atoms with Gasteiger partial charge in [-0.1, -0.05) is 0 Å². The van der Waals surface area contributed by atoms with Crippen LogP contribution in [0.1, 0.15) is 13.3 Å². The van der Waals surface area contributed by atoms with Gasteiger partial charge in [-0.2, -0.15) is 0 Å². The third-order valence-electron chi connectivity index (χ3n) is 3.47. The molecule has 1 aromatic carbocycles. The molecule has 0 saturated carbocycles. The van der Waals surface area contributed by atoms with Crippen molar-refractivity contribution in [1.29, 1.82) is 0 Å². The fourth-order valence-corrected chi connectivity index (χ4v) is 3.25. The second-order valence-corrected chi connectivity index (χ2v) is 6.08. The number of likely N-dealkylation sites (N-methyl/N-ethyl adjacent to an activating group) is 1. The lowest BCUT2D eigenvalue weighted by atomic mass is 10.2. The number of hydrogen-bond donors (Lipinski definition) is 1. The van der Waals surface area contributed by atoms with Crippen LogP contribution in [-0.2, 0) is 9.59 Å². The van der Waals surface area contributed by atoms with Crippen LogP contribution in [0.15, 0.2) is 24.3 Å². The van der Waals surface area contributed by atoms with Crippen LogP contribution in [0.25, 0.3) is 0 Å². The highest BCUT2D eigenvalue weighted by Crippen LogP contribution is 2.33. The van der Waals surface area contributed by atoms with E-state index in [2.05, 4.69) is 0 Å². The number of hydrogen-bond acceptors (Lipinski definition) is 5. The minimum atomic E-state index is -0.798. The number of aliphatic hydroxyl groups excluding tert-OH is 1. The number of nitrogens with zero attached hydrogens (tertiary/aromatic N) is 2. The molecular weight excluding hydrogens is 323 g/mol. The van der Waals surface area contributed by atoms with Gasteiger partial charge in [0, 0.05) is 19.5 Å². The topological polar surface area (TPSA) is 77.9 Å². The fraction of sp³-hybridized carbons (Fsp3) is 0.400. The molecule has 1 heterocycles. The summed E-state index contributed by atoms with van der Waals surface area (Å²) in [5, 5.41) is 7.65. The molecule has 1 fully saturated rings. The predicted octanol–water partition coefficient (Wildman–Crippen LogP) is 1.62. The first-order valence-electron chi connectivity index (χ1n) is 7.16. The number of rotatable bonds is 6. The van der Waals surface area contributed by atoms with Gasteiger partial charge in [0.15, 0.2) is 0 Å². The lowest BCUT2D eigenvalue weighted by Gasteiger charge is -2.20. The minimum absolute atomic E-state index is 0.110. The van der Waals surface area contributed by atoms with E-state index in [1.54, 1.807) is 6.92 Å². The number of amides is 3. The lowest BCUT2D eigenvalue weighted by molar-refractivity contribution is -0.133. The molecule has 0 spiro atoms. The van der Waals surface area contributed by atoms with Crippen molar-refractivity contribution < 1.29 is 23.9 Å². The monoisotopic (exact) mass is 340 g/mol. The molecular formula is C15H17FN2O4S. The molecule has 6 nitrogen and oxygen atoms in total. The largest absolute Gasteiger partial charge is 0.395 e. The molecule has 0 bridgehead atoms. The van der Waals surface area contributed by atoms with E-state index >= 15 is 0 Å². The SMILES string of the molecule is CCN(CCO)C(=O)CC1SC(=O)N(c2ccc(F)cc2)C1=O. The molecule has 2 rings (SSSR count). The molecule has 1 unspecified atom stereocenters. The molecule has 1 aromatic rings. The summed E-state index contributed by atoms with van der Waals surface area (Å²) in [5.41, 5.74) is 0.284. The standard InChI is InChI=1S/C15H17FN2O4S/c1-2-17(7-8-19)13(20)9-12-14(21)18(15(22)23-12)11-5-3-10(16)4-6-11/h3-6,12,19H,2,7-9H2,1H3. The second kappa shape index (κ2) is 7.56. The molecule has 1 N–H and O–H groups in total. The third-order valence-corrected chi connectivity index (χ3v) is 4.51. The van der Waals surface area contributed by atoms with E-state index in [0.717, 1.165) is 16.7 Å². The van der Waals surface area contributed by atoms with Crippen molar-refractivity contribution >= 4 is 34.5 Å². The molecule has 1 aliphatic rings. The van der Waals surface area contributed by atoms with Crippen LogP contribution in [0.3, 0.4) is 0 Å². The smallest absolute Gasteiger partial charge is 0.293 e. The van der Waals surface area contributed by atoms with Gasteiger partial charge in [-0.05, 0) is 43.0 Å². The molecule has 8 heteroatoms. The van der Waals surface area contributed by atoms with Gasteiger partial charge in [-0.15, -0.1) is 0 Å². The van der Waals surface area contributed by atoms with E-state index in [9.17, 15) is 18.8 Å². The first-order chi connectivity index (χ1) is 11.0. The Morgan fingerprint density at radius 3 is 2.57 bits per heavy atom. The summed E-state index contributed by atoms with van der Waals surface area (Å²) in [5.74, 6) is -1.24. The van der Waals surface area contributed by atoms with Crippen LogP contribution in [-0.4, -0.2) is 52.0 Å². The Bertz CT molecular complexity index is 608. The number of aliphatic hydroxyl groups is 1. The first-order valence-corrected chi connectivity index (χ1v) is 8.04. The molecule has 1 aliphatic heterocycles. The normalized spacial score (nSPS) is 17.7. The first kappa shape index (κ1) is 17.4. The summed E-state index contributed by atoms with van der Waals surface area (Å²) in [6.45, 7) is 2.22. The Hall–Kier alpha value is -1.93. The summed E-state index contributed by atoms with van der Waals surface area (Å²) in [4.78, 5) is 38.9. The van der Waals surface area contributed by atoms with Crippen molar-refractivity contribution in [3.05, 3.63) is 30.1 Å². The van der Waals surface area contributed by atoms with Gasteiger partial charge in [0.2, 0.25) is 11.8 Å². The maximum atomic E-state index is 13.0. The van der Waals surface area contributed by atoms with Gasteiger partial charge < -0.3 is 10.0 Å². The van der Waals surface area contributed by atoms with Crippen molar-refractivity contribution in [2.24, 2.45) is 0 Å². The summed E-state index contributed by atoms with van der Waals surface area (Å²) < 4.78 is 13.0. The average molecular weight is 340 g/mol. The number of carbonyl (C=O) groups excluding carboxylic acids is 3. The number of imide groups is 1. The van der Waals surface area contributed by atoms with Crippen molar-refractivity contribution in [1.82, 2.24) is 4.90 Å². The van der Waals surface area contributed by atoms with E-state index < -0.39 is 22.2 Å². The van der Waals surface area contributed by atoms with Crippen molar-refractivity contribution in [3.8, 4) is 0 Å². The third kappa shape index (κ3) is 3.89. The molecule has 0 radical (unpaired) electrons. The molecule has 124 valence electrons. The summed E-state index contributed by atoms with van der Waals surface area (Å²) in [6.07, 6.45) is -0.110. The Morgan fingerprint density at radius 1 is 1.35 bits per heavy atom. The highest BCUT2D eigenvalue weighted by molar-refractivity contribution is 8.15. The molecule has 1 saturated heterocycles. The van der Waals surface area contributed by atoms with E-state index in [1.807, 2.05) is 0 Å². The van der Waals surface area contributed by atoms with E-state index in [1.165, 1.54) is 29.2 Å². The molecule has 23 heavy (non-hydrogen) atoms. The van der Waals surface area contributed by atoms with E-state index in [0.29, 0.717) is 6.54 Å². The van der Waals surface area contributed by atoms with Crippen molar-refractivity contribution in [2.45, 2.75) is 18.6 Å². The van der Waals surface area contributed by atoms with E-state index in [4.69, 9.17) is 5.11 Å². The minimum Gasteiger partial charge on any atom is -0.395 e. The number of anilines is 1. The number of halogens is 1. The maximum Gasteiger partial charge on any atom is 0.293 e. The Kier molecular flexibility index (Phi) is 5.73. The van der Waals surface area contributed by atoms with Crippen LogP contribution >= 0.6 is 11.8 Å². The van der Waals surface area contributed by atoms with Crippen LogP contribution in [0.2, 0.25) is 0 Å². The van der Waals surface area contributed by atoms with Crippen LogP contribution < -0.4 is 4.90 Å². The Labute approximate surface area is 137 Å². The number of carbonyl (C=O) groups is 3. The Balaban J connectivity index is 2.09. The zero-order chi connectivity index (χ0) is 17.0. The van der Waals surface area contributed by atoms with Gasteiger partial charge in [0.1, 0.15) is 11.1 Å². The van der Waals surface area contributed by atoms with Gasteiger partial charge in [-0.25, -0.2) is 9.29 Å². The fourth-order valence-electron chi connectivity index (χ4n) is 2.28. The van der Waals surface area contributed by atoms with Crippen LogP contribution in [0, 0.1) is 5.82 Å². The number of thioether (sulfide) groups is 1. The molecule has 1 atom stereocenters. The zero-order valence-corrected chi connectivity index (χ0v) is 13.4. The lowest BCUT2D eigenvalue weighted by Crippen LogP contribution is -2.37. The Morgan fingerprint density at radius 2 is 2.00 bits per heavy atom. The van der Waals surface area contributed by atoms with Crippen molar-refractivity contribution in [2.75, 3.05) is 24.6 Å². The number of benzene rings is 1. The summed E-state index contributed by atoms with van der Waals surface area (Å²) in [7, 11) is 0. The maximum absolute atomic E-state index is 13.0. The van der Waals surface area contributed by atoms with Gasteiger partial charge in [0.25, 0.3) is 5.24 Å². The van der Waals surface area contributed by atoms with Crippen LogP contribution in [0.5, 0.6) is 0 Å². The van der Waals surface area contributed by atoms with Gasteiger partial charge in [0.05, 0.1) is 12.3 Å². The highest BCUT2D eigenvalue weighted by atomic mass is 32.2. The predicted molar refractivity (Wildman–Crippen MR) is 84.6 cm³/mol. The molecule has 0 aliphatic carbocycles. The molecule has 0 aromatic heterocycles. The van der Waals surface area contributed by atoms with E-state index in [-0.39, 0.29) is 31.2 Å². The zero-order valence-electron chi connectivity index (χ0n) is 12.6. The van der Waals surface area contributed by atoms with Crippen LogP contribution in [0.4, 0.5) is 14.9 Å². The van der Waals surface area contributed by atoms with Gasteiger partial charge >= 0.3 is 0 Å². The second-order valence-electron chi connectivity index (χ2n) is 4.92. The quantitative estimate of drug-likeness (QED) is 0.851. The molecule has 3 amide bonds. The summed E-state index contributed by atoms with van der Waals surface area (Å²) >= 11 is 0.789. The highest BCUT2D eigenvalue weighted by Gasteiger charge is 2.42. The van der Waals surface area contributed by atoms with Gasteiger partial charge in [-0.3, -0.25) is 14.4 Å².